The number of aromatic amines is 1. The summed E-state index contributed by atoms with van der Waals surface area (Å²) in [5, 5.41) is 10.1. The number of amides is 1. The number of likely N-dealkylation sites (tertiary alicyclic amines) is 1. The zero-order valence-corrected chi connectivity index (χ0v) is 14.6. The van der Waals surface area contributed by atoms with Crippen molar-refractivity contribution in [2.24, 2.45) is 11.8 Å². The van der Waals surface area contributed by atoms with Gasteiger partial charge in [-0.2, -0.15) is 13.2 Å². The highest BCUT2D eigenvalue weighted by molar-refractivity contribution is 5.87. The molecular formula is C17H20F3N5O2. The van der Waals surface area contributed by atoms with E-state index in [2.05, 4.69) is 19.9 Å². The minimum atomic E-state index is -4.92. The molecule has 0 spiro atoms. The molecule has 7 nitrogen and oxygen atoms in total. The van der Waals surface area contributed by atoms with Gasteiger partial charge in [-0.15, -0.1) is 0 Å². The fraction of sp³-hybridized carbons (Fsp3) is 0.588. The summed E-state index contributed by atoms with van der Waals surface area (Å²) in [7, 11) is 1.96. The minimum absolute atomic E-state index is 0.130. The van der Waals surface area contributed by atoms with Crippen LogP contribution in [0.15, 0.2) is 18.6 Å². The molecule has 4 rings (SSSR count). The van der Waals surface area contributed by atoms with Crippen LogP contribution in [0.3, 0.4) is 0 Å². The summed E-state index contributed by atoms with van der Waals surface area (Å²) in [6.07, 6.45) is -3.02. The van der Waals surface area contributed by atoms with Crippen molar-refractivity contribution in [2.45, 2.75) is 31.2 Å². The molecule has 146 valence electrons. The number of aromatic nitrogens is 3. The fourth-order valence-electron chi connectivity index (χ4n) is 4.39. The highest BCUT2D eigenvalue weighted by Gasteiger charge is 2.50. The molecule has 0 aromatic carbocycles. The number of alkyl halides is 3. The van der Waals surface area contributed by atoms with Gasteiger partial charge in [0.25, 0.3) is 5.91 Å². The van der Waals surface area contributed by atoms with E-state index in [1.165, 1.54) is 6.33 Å². The Morgan fingerprint density at radius 1 is 1.33 bits per heavy atom. The zero-order chi connectivity index (χ0) is 19.3. The monoisotopic (exact) mass is 383 g/mol. The number of anilines is 1. The Hall–Kier alpha value is -2.36. The average molecular weight is 383 g/mol. The van der Waals surface area contributed by atoms with Crippen LogP contribution in [-0.2, 0) is 4.79 Å². The molecule has 2 aliphatic rings. The van der Waals surface area contributed by atoms with Gasteiger partial charge in [-0.3, -0.25) is 4.79 Å². The Kier molecular flexibility index (Phi) is 4.25. The van der Waals surface area contributed by atoms with Gasteiger partial charge in [0.1, 0.15) is 17.8 Å². The molecule has 1 saturated carbocycles. The highest BCUT2D eigenvalue weighted by Crippen LogP contribution is 2.42. The van der Waals surface area contributed by atoms with Crippen molar-refractivity contribution < 1.29 is 23.1 Å². The number of rotatable bonds is 3. The van der Waals surface area contributed by atoms with Crippen LogP contribution in [-0.4, -0.2) is 69.3 Å². The second-order valence-electron chi connectivity index (χ2n) is 7.38. The molecule has 27 heavy (non-hydrogen) atoms. The van der Waals surface area contributed by atoms with Crippen molar-refractivity contribution in [2.75, 3.05) is 25.0 Å². The molecule has 1 amide bonds. The molecule has 2 aromatic heterocycles. The van der Waals surface area contributed by atoms with Gasteiger partial charge in [-0.25, -0.2) is 9.97 Å². The van der Waals surface area contributed by atoms with E-state index < -0.39 is 18.2 Å². The van der Waals surface area contributed by atoms with Crippen LogP contribution < -0.4 is 4.90 Å². The maximum absolute atomic E-state index is 12.6. The molecule has 0 bridgehead atoms. The summed E-state index contributed by atoms with van der Waals surface area (Å²) in [5.74, 6) is -0.172. The Labute approximate surface area is 153 Å². The number of aliphatic hydroxyl groups excluding tert-OH is 1. The number of nitrogens with one attached hydrogen (secondary N) is 1. The molecular weight excluding hydrogens is 363 g/mol. The summed E-state index contributed by atoms with van der Waals surface area (Å²) in [6.45, 7) is 0.509. The third kappa shape index (κ3) is 3.11. The summed E-state index contributed by atoms with van der Waals surface area (Å²) in [6, 6.07) is 2.10. The van der Waals surface area contributed by atoms with Gasteiger partial charge in [0.05, 0.1) is 5.39 Å². The van der Waals surface area contributed by atoms with Crippen molar-refractivity contribution in [3.8, 4) is 0 Å². The molecule has 2 fully saturated rings. The third-order valence-electron chi connectivity index (χ3n) is 5.80. The van der Waals surface area contributed by atoms with Gasteiger partial charge in [-0.05, 0) is 30.7 Å². The molecule has 0 radical (unpaired) electrons. The predicted molar refractivity (Wildman–Crippen MR) is 90.9 cm³/mol. The topological polar surface area (TPSA) is 85.4 Å². The van der Waals surface area contributed by atoms with E-state index in [0.29, 0.717) is 0 Å². The van der Waals surface area contributed by atoms with Crippen LogP contribution in [0.4, 0.5) is 19.0 Å². The summed E-state index contributed by atoms with van der Waals surface area (Å²) < 4.78 is 37.7. The zero-order valence-electron chi connectivity index (χ0n) is 14.6. The first-order chi connectivity index (χ1) is 12.8. The minimum Gasteiger partial charge on any atom is -0.376 e. The molecule has 3 heterocycles. The molecule has 1 aliphatic carbocycles. The average Bonchev–Trinajstić information content (AvgIpc) is 3.32. The maximum Gasteiger partial charge on any atom is 0.423 e. The second-order valence-corrected chi connectivity index (χ2v) is 7.38. The summed E-state index contributed by atoms with van der Waals surface area (Å²) >= 11 is 0. The number of H-pyrrole nitrogens is 1. The van der Waals surface area contributed by atoms with E-state index in [1.54, 1.807) is 6.20 Å². The number of carbonyl (C=O) groups excluding carboxylic acids is 1. The Morgan fingerprint density at radius 3 is 2.63 bits per heavy atom. The van der Waals surface area contributed by atoms with Crippen molar-refractivity contribution >= 4 is 22.8 Å². The van der Waals surface area contributed by atoms with Crippen LogP contribution in [0.1, 0.15) is 12.8 Å². The molecule has 2 unspecified atom stereocenters. The number of nitrogens with zero attached hydrogens (tertiary/aromatic N) is 4. The van der Waals surface area contributed by atoms with Crippen molar-refractivity contribution in [1.82, 2.24) is 19.9 Å². The van der Waals surface area contributed by atoms with Crippen molar-refractivity contribution in [3.05, 3.63) is 18.6 Å². The van der Waals surface area contributed by atoms with Gasteiger partial charge < -0.3 is 19.9 Å². The molecule has 10 heteroatoms. The number of aliphatic hydroxyl groups is 1. The number of hydrogen-bond donors (Lipinski definition) is 2. The smallest absolute Gasteiger partial charge is 0.376 e. The third-order valence-corrected chi connectivity index (χ3v) is 5.80. The molecule has 2 aromatic rings. The lowest BCUT2D eigenvalue weighted by molar-refractivity contribution is -0.210. The van der Waals surface area contributed by atoms with Gasteiger partial charge in [0.15, 0.2) is 0 Å². The van der Waals surface area contributed by atoms with Gasteiger partial charge in [-0.1, -0.05) is 0 Å². The number of halogens is 3. The van der Waals surface area contributed by atoms with Crippen molar-refractivity contribution in [3.63, 3.8) is 0 Å². The van der Waals surface area contributed by atoms with Gasteiger partial charge in [0.2, 0.25) is 6.10 Å². The quantitative estimate of drug-likeness (QED) is 0.840. The largest absolute Gasteiger partial charge is 0.423 e. The van der Waals surface area contributed by atoms with Crippen LogP contribution >= 0.6 is 0 Å². The van der Waals surface area contributed by atoms with Crippen LogP contribution in [0, 0.1) is 11.8 Å². The van der Waals surface area contributed by atoms with E-state index in [4.69, 9.17) is 0 Å². The van der Waals surface area contributed by atoms with E-state index in [1.807, 2.05) is 13.1 Å². The number of fused-ring (bicyclic) bond motifs is 2. The molecule has 1 saturated heterocycles. The fourth-order valence-corrected chi connectivity index (χ4v) is 4.39. The molecule has 1 aliphatic heterocycles. The lowest BCUT2D eigenvalue weighted by atomic mass is 10.0. The first-order valence-electron chi connectivity index (χ1n) is 8.80. The Bertz CT molecular complexity index is 840. The van der Waals surface area contributed by atoms with E-state index in [9.17, 15) is 23.1 Å². The maximum atomic E-state index is 12.6. The first kappa shape index (κ1) is 18.0. The van der Waals surface area contributed by atoms with Gasteiger partial charge in [0, 0.05) is 32.4 Å². The lowest BCUT2D eigenvalue weighted by Crippen LogP contribution is -2.46. The Balaban J connectivity index is 1.43. The SMILES string of the molecule is CN(c1ncnc2[nH]ccc12)[C@@H]1CC2CN(C(=O)C(O)C(F)(F)F)C[C@H]2C1. The highest BCUT2D eigenvalue weighted by atomic mass is 19.4. The van der Waals surface area contributed by atoms with Crippen molar-refractivity contribution in [1.29, 1.82) is 0 Å². The predicted octanol–water partition coefficient (Wildman–Crippen LogP) is 1.55. The van der Waals surface area contributed by atoms with E-state index >= 15 is 0 Å². The van der Waals surface area contributed by atoms with E-state index in [0.717, 1.165) is 34.6 Å². The number of carbonyl (C=O) groups is 1. The lowest BCUT2D eigenvalue weighted by Gasteiger charge is -2.28. The van der Waals surface area contributed by atoms with Gasteiger partial charge >= 0.3 is 6.18 Å². The number of hydrogen-bond acceptors (Lipinski definition) is 5. The molecule has 2 N–H and O–H groups in total. The van der Waals surface area contributed by atoms with Crippen LogP contribution in [0.5, 0.6) is 0 Å². The van der Waals surface area contributed by atoms with Crippen LogP contribution in [0.25, 0.3) is 11.0 Å². The summed E-state index contributed by atoms with van der Waals surface area (Å²) in [5.41, 5.74) is 0.753. The summed E-state index contributed by atoms with van der Waals surface area (Å²) in [4.78, 5) is 26.8. The van der Waals surface area contributed by atoms with E-state index in [-0.39, 0.29) is 31.0 Å². The Morgan fingerprint density at radius 2 is 2.00 bits per heavy atom. The normalized spacial score (nSPS) is 26.4. The standard InChI is InChI=1S/C17H20F3N5O2/c1-24(15-12-2-3-21-14(12)22-8-23-15)11-4-9-6-25(7-10(9)5-11)16(27)13(26)17(18,19)20/h2-3,8-11,13,26H,4-7H2,1H3,(H,21,22,23)/t9-,10?,11+,13?/m1/s1. The molecule has 4 atom stereocenters. The van der Waals surface area contributed by atoms with Crippen LogP contribution in [0.2, 0.25) is 0 Å². The second kappa shape index (κ2) is 6.36. The first-order valence-corrected chi connectivity index (χ1v) is 8.80.